The molecule has 0 aromatic carbocycles. The van der Waals surface area contributed by atoms with Gasteiger partial charge in [-0.25, -0.2) is 0 Å². The topological polar surface area (TPSA) is 37.3 Å². The third-order valence-corrected chi connectivity index (χ3v) is 0.175. The third kappa shape index (κ3) is 3.47. The summed E-state index contributed by atoms with van der Waals surface area (Å²) in [6.07, 6.45) is -1.26. The normalized spacial score (nSPS) is 19.2. The van der Waals surface area contributed by atoms with Crippen LogP contribution in [0.5, 0.6) is 0 Å². The van der Waals surface area contributed by atoms with Crippen LogP contribution in [0.25, 0.3) is 0 Å². The number of aliphatic carboxylic acids is 1. The molecule has 0 amide bonds. The van der Waals surface area contributed by atoms with E-state index in [1.54, 1.807) is 0 Å². The fraction of sp³-hybridized carbons (Fsp3) is 0.667. The highest BCUT2D eigenvalue weighted by atomic mass is 16.4. The Kier molecular flexibility index (Phi) is 0.633. The Balaban J connectivity index is 3.34. The molecule has 0 rings (SSSR count). The van der Waals surface area contributed by atoms with Gasteiger partial charge >= 0.3 is 5.97 Å². The Morgan fingerprint density at radius 1 is 2.60 bits per heavy atom. The molecule has 0 aliphatic carbocycles. The summed E-state index contributed by atoms with van der Waals surface area (Å²) in [5.74, 6) is -1.23. The quantitative estimate of drug-likeness (QED) is 0.493. The molecule has 0 radical (unpaired) electrons. The van der Waals surface area contributed by atoms with Gasteiger partial charge in [0.2, 0.25) is 0 Å². The van der Waals surface area contributed by atoms with E-state index in [9.17, 15) is 4.79 Å². The van der Waals surface area contributed by atoms with E-state index in [0.717, 1.165) is 0 Å². The van der Waals surface area contributed by atoms with E-state index in [-0.39, 0.29) is 6.90 Å². The molecule has 0 saturated carbocycles. The second-order valence-corrected chi connectivity index (χ2v) is 0.542. The lowest BCUT2D eigenvalue weighted by Gasteiger charge is -1.71. The highest BCUT2D eigenvalue weighted by molar-refractivity contribution is 5.66. The van der Waals surface area contributed by atoms with Crippen molar-refractivity contribution in [1.82, 2.24) is 0 Å². The fourth-order valence-corrected chi connectivity index (χ4v) is 0. The Bertz CT molecular complexity index is 73.3. The van der Waals surface area contributed by atoms with E-state index in [1.807, 2.05) is 0 Å². The highest BCUT2D eigenvalue weighted by Crippen LogP contribution is 1.67. The number of hydrogen-bond donors (Lipinski definition) is 1. The molecule has 0 aliphatic heterocycles. The van der Waals surface area contributed by atoms with E-state index in [4.69, 9.17) is 7.85 Å². The fourth-order valence-electron chi connectivity index (χ4n) is 0. The second-order valence-electron chi connectivity index (χ2n) is 0.542. The lowest BCUT2D eigenvalue weighted by atomic mass is 10.5. The van der Waals surface area contributed by atoms with Crippen molar-refractivity contribution in [2.75, 3.05) is 0 Å². The SMILES string of the molecule is [2H]CC([2H])C(=O)O. The summed E-state index contributed by atoms with van der Waals surface area (Å²) < 4.78 is 12.9. The summed E-state index contributed by atoms with van der Waals surface area (Å²) in [6.45, 7) is -0.366. The summed E-state index contributed by atoms with van der Waals surface area (Å²) in [4.78, 5) is 9.62. The predicted octanol–water partition coefficient (Wildman–Crippen LogP) is 0.481. The molecular formula is C3H6O2. The molecule has 0 spiro atoms. The van der Waals surface area contributed by atoms with Crippen LogP contribution in [0.1, 0.15) is 16.0 Å². The zero-order valence-corrected chi connectivity index (χ0v) is 2.64. The zero-order chi connectivity index (χ0) is 5.86. The first-order valence-corrected chi connectivity index (χ1v) is 1.12. The van der Waals surface area contributed by atoms with Gasteiger partial charge in [-0.05, 0) is 0 Å². The predicted molar refractivity (Wildman–Crippen MR) is 17.9 cm³/mol. The molecule has 0 aliphatic rings. The average Bonchev–Trinajstić information content (AvgIpc) is 1.65. The van der Waals surface area contributed by atoms with E-state index in [0.29, 0.717) is 0 Å². The van der Waals surface area contributed by atoms with E-state index >= 15 is 0 Å². The Hall–Kier alpha value is -0.530. The Labute approximate surface area is 33.2 Å². The minimum Gasteiger partial charge on any atom is -0.481 e. The van der Waals surface area contributed by atoms with Gasteiger partial charge in [0.1, 0.15) is 0 Å². The highest BCUT2D eigenvalue weighted by Gasteiger charge is 1.80. The van der Waals surface area contributed by atoms with Gasteiger partial charge in [0.15, 0.2) is 0 Å². The molecule has 5 heavy (non-hydrogen) atoms. The van der Waals surface area contributed by atoms with Gasteiger partial charge < -0.3 is 5.11 Å². The molecule has 1 unspecified atom stereocenters. The van der Waals surface area contributed by atoms with E-state index in [1.165, 1.54) is 0 Å². The zero-order valence-electron chi connectivity index (χ0n) is 4.64. The van der Waals surface area contributed by atoms with Crippen molar-refractivity contribution < 1.29 is 12.6 Å². The molecule has 0 aromatic heterocycles. The van der Waals surface area contributed by atoms with Crippen LogP contribution in [0, 0.1) is 0 Å². The van der Waals surface area contributed by atoms with Gasteiger partial charge in [0.25, 0.3) is 0 Å². The van der Waals surface area contributed by atoms with Gasteiger partial charge in [-0.3, -0.25) is 4.79 Å². The third-order valence-electron chi connectivity index (χ3n) is 0.175. The molecule has 2 nitrogen and oxygen atoms in total. The monoisotopic (exact) mass is 76.0 g/mol. The maximum atomic E-state index is 9.62. The molecule has 1 atom stereocenters. The summed E-state index contributed by atoms with van der Waals surface area (Å²) >= 11 is 0. The van der Waals surface area contributed by atoms with Crippen molar-refractivity contribution >= 4 is 5.97 Å². The van der Waals surface area contributed by atoms with E-state index in [2.05, 4.69) is 0 Å². The van der Waals surface area contributed by atoms with Gasteiger partial charge in [-0.1, -0.05) is 6.90 Å². The van der Waals surface area contributed by atoms with Crippen LogP contribution in [0.2, 0.25) is 0 Å². The van der Waals surface area contributed by atoms with Gasteiger partial charge in [-0.2, -0.15) is 0 Å². The molecule has 0 bridgehead atoms. The Morgan fingerprint density at radius 3 is 3.20 bits per heavy atom. The van der Waals surface area contributed by atoms with Gasteiger partial charge in [0.05, 0.1) is 0 Å². The van der Waals surface area contributed by atoms with Crippen molar-refractivity contribution in [3.63, 3.8) is 0 Å². The lowest BCUT2D eigenvalue weighted by molar-refractivity contribution is -0.136. The minimum absolute atomic E-state index is 0.366. The largest absolute Gasteiger partial charge is 0.481 e. The number of carboxylic acids is 1. The van der Waals surface area contributed by atoms with Crippen molar-refractivity contribution in [2.24, 2.45) is 0 Å². The first kappa shape index (κ1) is 1.80. The number of carbonyl (C=O) groups is 1. The van der Waals surface area contributed by atoms with Gasteiger partial charge in [-0.15, -0.1) is 0 Å². The molecular weight excluding hydrogens is 68.0 g/mol. The molecule has 30 valence electrons. The summed E-state index contributed by atoms with van der Waals surface area (Å²) in [6, 6.07) is 0. The maximum Gasteiger partial charge on any atom is 0.303 e. The average molecular weight is 76.1 g/mol. The number of carboxylic acid groups (broad SMARTS) is 1. The summed E-state index contributed by atoms with van der Waals surface area (Å²) in [7, 11) is 0. The van der Waals surface area contributed by atoms with Crippen LogP contribution in [0.4, 0.5) is 0 Å². The van der Waals surface area contributed by atoms with Crippen LogP contribution in [-0.4, -0.2) is 11.1 Å². The van der Waals surface area contributed by atoms with Crippen LogP contribution in [0.3, 0.4) is 0 Å². The van der Waals surface area contributed by atoms with Crippen LogP contribution < -0.4 is 0 Å². The first-order valence-electron chi connectivity index (χ1n) is 2.41. The molecule has 0 aromatic rings. The van der Waals surface area contributed by atoms with Crippen LogP contribution >= 0.6 is 0 Å². The maximum absolute atomic E-state index is 9.62. The summed E-state index contributed by atoms with van der Waals surface area (Å²) in [5.41, 5.74) is 0. The van der Waals surface area contributed by atoms with Crippen LogP contribution in [0.15, 0.2) is 0 Å². The van der Waals surface area contributed by atoms with Gasteiger partial charge in [0, 0.05) is 9.14 Å². The van der Waals surface area contributed by atoms with Crippen LogP contribution in [-0.2, 0) is 4.79 Å². The van der Waals surface area contributed by atoms with E-state index < -0.39 is 12.4 Å². The lowest BCUT2D eigenvalue weighted by Crippen LogP contribution is -1.86. The molecule has 1 N–H and O–H groups in total. The standard InChI is InChI=1S/C3H6O2/c1-2-3(4)5/h2H2,1H3,(H,4,5)/i1D,2D. The Morgan fingerprint density at radius 2 is 3.20 bits per heavy atom. The van der Waals surface area contributed by atoms with Crippen molar-refractivity contribution in [1.29, 1.82) is 0 Å². The molecule has 0 fully saturated rings. The minimum atomic E-state index is -1.26. The number of hydrogen-bond acceptors (Lipinski definition) is 1. The summed E-state index contributed by atoms with van der Waals surface area (Å²) in [5, 5.41) is 7.87. The number of rotatable bonds is 1. The van der Waals surface area contributed by atoms with Crippen molar-refractivity contribution in [3.8, 4) is 0 Å². The first-order chi connectivity index (χ1) is 3.18. The molecule has 0 heterocycles. The molecule has 0 saturated heterocycles. The molecule has 2 heteroatoms. The van der Waals surface area contributed by atoms with Crippen molar-refractivity contribution in [2.45, 2.75) is 13.3 Å². The second kappa shape index (κ2) is 1.76. The smallest absolute Gasteiger partial charge is 0.303 e. The van der Waals surface area contributed by atoms with Crippen molar-refractivity contribution in [3.05, 3.63) is 0 Å².